The Bertz CT molecular complexity index is 480. The highest BCUT2D eigenvalue weighted by Gasteiger charge is 2.10. The SMILES string of the molecule is CCN(CCO)c1cncc2c1cnn2C. The summed E-state index contributed by atoms with van der Waals surface area (Å²) in [5.41, 5.74) is 2.04. The largest absolute Gasteiger partial charge is 0.395 e. The molecule has 0 unspecified atom stereocenters. The summed E-state index contributed by atoms with van der Waals surface area (Å²) in [4.78, 5) is 6.31. The van der Waals surface area contributed by atoms with E-state index in [0.29, 0.717) is 6.54 Å². The Labute approximate surface area is 94.3 Å². The molecular formula is C11H16N4O. The van der Waals surface area contributed by atoms with Gasteiger partial charge in [-0.3, -0.25) is 9.67 Å². The molecule has 0 saturated heterocycles. The van der Waals surface area contributed by atoms with Crippen LogP contribution < -0.4 is 4.90 Å². The Morgan fingerprint density at radius 3 is 2.88 bits per heavy atom. The van der Waals surface area contributed by atoms with Crippen molar-refractivity contribution in [2.24, 2.45) is 7.05 Å². The maximum Gasteiger partial charge on any atom is 0.0883 e. The molecule has 2 aromatic heterocycles. The van der Waals surface area contributed by atoms with Crippen molar-refractivity contribution in [1.82, 2.24) is 14.8 Å². The second-order valence-corrected chi connectivity index (χ2v) is 3.66. The Morgan fingerprint density at radius 2 is 2.19 bits per heavy atom. The zero-order valence-corrected chi connectivity index (χ0v) is 9.59. The average molecular weight is 220 g/mol. The van der Waals surface area contributed by atoms with Gasteiger partial charge in [0.2, 0.25) is 0 Å². The molecule has 1 N–H and O–H groups in total. The van der Waals surface area contributed by atoms with Crippen molar-refractivity contribution >= 4 is 16.6 Å². The van der Waals surface area contributed by atoms with E-state index in [4.69, 9.17) is 5.11 Å². The van der Waals surface area contributed by atoms with Crippen LogP contribution in [0.25, 0.3) is 10.9 Å². The van der Waals surface area contributed by atoms with Crippen molar-refractivity contribution in [2.45, 2.75) is 6.92 Å². The van der Waals surface area contributed by atoms with E-state index < -0.39 is 0 Å². The van der Waals surface area contributed by atoms with Gasteiger partial charge < -0.3 is 10.0 Å². The maximum absolute atomic E-state index is 9.02. The van der Waals surface area contributed by atoms with Crippen LogP contribution in [0, 0.1) is 0 Å². The molecule has 2 rings (SSSR count). The van der Waals surface area contributed by atoms with E-state index in [1.54, 1.807) is 10.9 Å². The van der Waals surface area contributed by atoms with Crippen molar-refractivity contribution in [3.05, 3.63) is 18.6 Å². The van der Waals surface area contributed by atoms with Gasteiger partial charge in [-0.25, -0.2) is 0 Å². The Balaban J connectivity index is 2.50. The second-order valence-electron chi connectivity index (χ2n) is 3.66. The van der Waals surface area contributed by atoms with E-state index in [9.17, 15) is 0 Å². The molecule has 5 nitrogen and oxygen atoms in total. The highest BCUT2D eigenvalue weighted by molar-refractivity contribution is 5.90. The number of nitrogens with zero attached hydrogens (tertiary/aromatic N) is 4. The third-order valence-corrected chi connectivity index (χ3v) is 2.75. The van der Waals surface area contributed by atoms with Crippen molar-refractivity contribution in [3.63, 3.8) is 0 Å². The fourth-order valence-corrected chi connectivity index (χ4v) is 1.87. The predicted molar refractivity (Wildman–Crippen MR) is 63.5 cm³/mol. The third-order valence-electron chi connectivity index (χ3n) is 2.75. The fourth-order valence-electron chi connectivity index (χ4n) is 1.87. The lowest BCUT2D eigenvalue weighted by Crippen LogP contribution is -2.26. The van der Waals surface area contributed by atoms with Gasteiger partial charge in [-0.05, 0) is 6.92 Å². The second kappa shape index (κ2) is 4.49. The molecule has 2 heterocycles. The van der Waals surface area contributed by atoms with Crippen LogP contribution in [0.1, 0.15) is 6.92 Å². The normalized spacial score (nSPS) is 10.9. The summed E-state index contributed by atoms with van der Waals surface area (Å²) in [5.74, 6) is 0. The first-order valence-electron chi connectivity index (χ1n) is 5.39. The summed E-state index contributed by atoms with van der Waals surface area (Å²) in [6.07, 6.45) is 5.47. The molecule has 0 aliphatic carbocycles. The lowest BCUT2D eigenvalue weighted by Gasteiger charge is -2.22. The molecule has 0 aliphatic heterocycles. The lowest BCUT2D eigenvalue weighted by molar-refractivity contribution is 0.302. The number of rotatable bonds is 4. The van der Waals surface area contributed by atoms with E-state index in [1.807, 2.05) is 19.4 Å². The van der Waals surface area contributed by atoms with Gasteiger partial charge in [-0.2, -0.15) is 5.10 Å². The van der Waals surface area contributed by atoms with Gasteiger partial charge in [-0.15, -0.1) is 0 Å². The van der Waals surface area contributed by atoms with Crippen LogP contribution >= 0.6 is 0 Å². The van der Waals surface area contributed by atoms with Crippen LogP contribution in [-0.2, 0) is 7.05 Å². The molecule has 0 saturated carbocycles. The van der Waals surface area contributed by atoms with Gasteiger partial charge in [0.25, 0.3) is 0 Å². The van der Waals surface area contributed by atoms with Crippen LogP contribution in [0.5, 0.6) is 0 Å². The first-order chi connectivity index (χ1) is 7.77. The number of hydrogen-bond acceptors (Lipinski definition) is 4. The zero-order valence-electron chi connectivity index (χ0n) is 9.59. The maximum atomic E-state index is 9.02. The Hall–Kier alpha value is -1.62. The van der Waals surface area contributed by atoms with Crippen molar-refractivity contribution in [1.29, 1.82) is 0 Å². The first-order valence-corrected chi connectivity index (χ1v) is 5.39. The lowest BCUT2D eigenvalue weighted by atomic mass is 10.2. The number of likely N-dealkylation sites (N-methyl/N-ethyl adjacent to an activating group) is 1. The standard InChI is InChI=1S/C11H16N4O/c1-3-15(4-5-16)11-8-12-7-10-9(11)6-13-14(10)2/h6-8,16H,3-5H2,1-2H3. The number of anilines is 1. The Kier molecular flexibility index (Phi) is 3.05. The molecule has 16 heavy (non-hydrogen) atoms. The highest BCUT2D eigenvalue weighted by Crippen LogP contribution is 2.24. The summed E-state index contributed by atoms with van der Waals surface area (Å²) in [6.45, 7) is 3.66. The van der Waals surface area contributed by atoms with Gasteiger partial charge >= 0.3 is 0 Å². The smallest absolute Gasteiger partial charge is 0.0883 e. The third kappa shape index (κ3) is 1.74. The van der Waals surface area contributed by atoms with E-state index >= 15 is 0 Å². The fraction of sp³-hybridized carbons (Fsp3) is 0.455. The number of fused-ring (bicyclic) bond motifs is 1. The molecule has 0 bridgehead atoms. The minimum absolute atomic E-state index is 0.143. The number of aliphatic hydroxyl groups is 1. The molecule has 5 heteroatoms. The van der Waals surface area contributed by atoms with Gasteiger partial charge in [0.05, 0.1) is 36.4 Å². The van der Waals surface area contributed by atoms with Crippen LogP contribution in [-0.4, -0.2) is 39.6 Å². The number of hydrogen-bond donors (Lipinski definition) is 1. The number of aryl methyl sites for hydroxylation is 1. The molecule has 2 aromatic rings. The van der Waals surface area contributed by atoms with Crippen LogP contribution in [0.4, 0.5) is 5.69 Å². The molecule has 0 radical (unpaired) electrons. The summed E-state index contributed by atoms with van der Waals surface area (Å²) in [7, 11) is 1.90. The van der Waals surface area contributed by atoms with Gasteiger partial charge in [0, 0.05) is 25.5 Å². The number of aromatic nitrogens is 3. The molecule has 0 aliphatic rings. The van der Waals surface area contributed by atoms with E-state index in [1.165, 1.54) is 0 Å². The molecule has 0 spiro atoms. The van der Waals surface area contributed by atoms with Crippen LogP contribution in [0.2, 0.25) is 0 Å². The molecule has 0 aromatic carbocycles. The number of aliphatic hydroxyl groups excluding tert-OH is 1. The van der Waals surface area contributed by atoms with Gasteiger partial charge in [0.15, 0.2) is 0 Å². The molecule has 0 atom stereocenters. The highest BCUT2D eigenvalue weighted by atomic mass is 16.3. The zero-order chi connectivity index (χ0) is 11.5. The molecule has 86 valence electrons. The molecule has 0 fully saturated rings. The monoisotopic (exact) mass is 220 g/mol. The summed E-state index contributed by atoms with van der Waals surface area (Å²) < 4.78 is 1.80. The topological polar surface area (TPSA) is 54.2 Å². The van der Waals surface area contributed by atoms with Crippen molar-refractivity contribution in [3.8, 4) is 0 Å². The van der Waals surface area contributed by atoms with E-state index in [2.05, 4.69) is 21.9 Å². The number of pyridine rings is 1. The quantitative estimate of drug-likeness (QED) is 0.827. The van der Waals surface area contributed by atoms with Crippen LogP contribution in [0.15, 0.2) is 18.6 Å². The van der Waals surface area contributed by atoms with Gasteiger partial charge in [-0.1, -0.05) is 0 Å². The van der Waals surface area contributed by atoms with Crippen molar-refractivity contribution in [2.75, 3.05) is 24.6 Å². The molecule has 0 amide bonds. The van der Waals surface area contributed by atoms with Gasteiger partial charge in [0.1, 0.15) is 0 Å². The molecular weight excluding hydrogens is 204 g/mol. The van der Waals surface area contributed by atoms with E-state index in [-0.39, 0.29) is 6.61 Å². The summed E-state index contributed by atoms with van der Waals surface area (Å²) >= 11 is 0. The minimum Gasteiger partial charge on any atom is -0.395 e. The van der Waals surface area contributed by atoms with E-state index in [0.717, 1.165) is 23.1 Å². The predicted octanol–water partition coefficient (Wildman–Crippen LogP) is 0.787. The minimum atomic E-state index is 0.143. The van der Waals surface area contributed by atoms with Crippen LogP contribution in [0.3, 0.4) is 0 Å². The van der Waals surface area contributed by atoms with Crippen molar-refractivity contribution < 1.29 is 5.11 Å². The summed E-state index contributed by atoms with van der Waals surface area (Å²) in [5, 5.41) is 14.3. The average Bonchev–Trinajstić information content (AvgIpc) is 2.68. The Morgan fingerprint density at radius 1 is 1.38 bits per heavy atom. The summed E-state index contributed by atoms with van der Waals surface area (Å²) in [6, 6.07) is 0. The first kappa shape index (κ1) is 10.9.